The van der Waals surface area contributed by atoms with Crippen molar-refractivity contribution < 1.29 is 18.7 Å². The quantitative estimate of drug-likeness (QED) is 0.568. The van der Waals surface area contributed by atoms with Crippen LogP contribution in [-0.2, 0) is 11.2 Å². The van der Waals surface area contributed by atoms with Crippen LogP contribution in [0.2, 0.25) is 0 Å². The molecule has 0 spiro atoms. The van der Waals surface area contributed by atoms with E-state index in [1.54, 1.807) is 28.4 Å². The Labute approximate surface area is 217 Å². The fourth-order valence-corrected chi connectivity index (χ4v) is 5.68. The van der Waals surface area contributed by atoms with Crippen molar-refractivity contribution in [3.05, 3.63) is 52.0 Å². The molecule has 4 rings (SSSR count). The van der Waals surface area contributed by atoms with E-state index in [-0.39, 0.29) is 36.9 Å². The molecule has 2 aromatic rings. The van der Waals surface area contributed by atoms with E-state index >= 15 is 0 Å². The van der Waals surface area contributed by atoms with Crippen LogP contribution < -0.4 is 10.1 Å². The van der Waals surface area contributed by atoms with Crippen molar-refractivity contribution >= 4 is 23.3 Å². The van der Waals surface area contributed by atoms with Gasteiger partial charge in [-0.05, 0) is 94.4 Å². The molecule has 7 nitrogen and oxygen atoms in total. The first-order valence-corrected chi connectivity index (χ1v) is 13.6. The van der Waals surface area contributed by atoms with Gasteiger partial charge in [-0.25, -0.2) is 9.18 Å². The van der Waals surface area contributed by atoms with Crippen molar-refractivity contribution in [2.24, 2.45) is 0 Å². The van der Waals surface area contributed by atoms with Gasteiger partial charge < -0.3 is 24.8 Å². The van der Waals surface area contributed by atoms with Gasteiger partial charge in [-0.3, -0.25) is 4.79 Å². The molecule has 3 heterocycles. The number of rotatable bonds is 8. The molecular weight excluding hydrogens is 479 g/mol. The van der Waals surface area contributed by atoms with Crippen LogP contribution in [0.4, 0.5) is 9.18 Å². The molecule has 1 saturated heterocycles. The summed E-state index contributed by atoms with van der Waals surface area (Å²) in [7, 11) is 0. The maximum atomic E-state index is 13.7. The number of benzene rings is 1. The maximum absolute atomic E-state index is 13.7. The fourth-order valence-electron chi connectivity index (χ4n) is 4.76. The van der Waals surface area contributed by atoms with Crippen molar-refractivity contribution in [2.75, 3.05) is 45.9 Å². The molecule has 1 N–H and O–H groups in total. The summed E-state index contributed by atoms with van der Waals surface area (Å²) in [6.07, 6.45) is 3.15. The third-order valence-corrected chi connectivity index (χ3v) is 7.61. The lowest BCUT2D eigenvalue weighted by molar-refractivity contribution is -0.135. The lowest BCUT2D eigenvalue weighted by Crippen LogP contribution is -2.54. The number of thiophene rings is 1. The van der Waals surface area contributed by atoms with Crippen LogP contribution in [0.25, 0.3) is 0 Å². The Morgan fingerprint density at radius 3 is 2.56 bits per heavy atom. The Morgan fingerprint density at radius 1 is 1.14 bits per heavy atom. The van der Waals surface area contributed by atoms with Crippen LogP contribution in [0.1, 0.15) is 50.1 Å². The molecule has 1 atom stereocenters. The van der Waals surface area contributed by atoms with Gasteiger partial charge in [0.2, 0.25) is 5.91 Å². The van der Waals surface area contributed by atoms with Crippen LogP contribution in [0.15, 0.2) is 35.7 Å². The second kappa shape index (κ2) is 11.6. The normalized spacial score (nSPS) is 18.1. The summed E-state index contributed by atoms with van der Waals surface area (Å²) < 4.78 is 19.3. The lowest BCUT2D eigenvalue weighted by atomic mass is 10.0. The molecule has 0 radical (unpaired) electrons. The highest BCUT2D eigenvalue weighted by atomic mass is 32.1. The topological polar surface area (TPSA) is 65.1 Å². The van der Waals surface area contributed by atoms with E-state index in [4.69, 9.17) is 4.74 Å². The van der Waals surface area contributed by atoms with Gasteiger partial charge in [-0.15, -0.1) is 11.3 Å². The fraction of sp³-hybridized carbons (Fsp3) is 0.556. The summed E-state index contributed by atoms with van der Waals surface area (Å²) >= 11 is 1.69. The number of hydrogen-bond donors (Lipinski definition) is 1. The molecule has 0 saturated carbocycles. The van der Waals surface area contributed by atoms with E-state index in [0.717, 1.165) is 31.6 Å². The van der Waals surface area contributed by atoms with Gasteiger partial charge in [0.05, 0.1) is 6.04 Å². The van der Waals surface area contributed by atoms with Crippen molar-refractivity contribution in [1.29, 1.82) is 0 Å². The molecule has 1 aromatic carbocycles. The SMILES string of the molecule is CC(C)(C)NC(=O)N(CCN1CCCC1)CC(=O)N1CCc2sccc2[C@H]1COc1ccc(F)cc1. The Hall–Kier alpha value is -2.65. The standard InChI is InChI=1S/C27H37FN4O3S/c1-27(2,3)29-26(34)31(16-15-30-12-4-5-13-30)18-25(33)32-14-10-24-22(11-17-36-24)23(32)19-35-21-8-6-20(28)7-9-21/h6-9,11,17,23H,4-5,10,12-16,18-19H2,1-3H3,(H,29,34)/t23-/m1/s1. The van der Waals surface area contributed by atoms with Crippen LogP contribution in [0.5, 0.6) is 5.75 Å². The predicted molar refractivity (Wildman–Crippen MR) is 140 cm³/mol. The largest absolute Gasteiger partial charge is 0.491 e. The van der Waals surface area contributed by atoms with Crippen LogP contribution in [-0.4, -0.2) is 78.1 Å². The van der Waals surface area contributed by atoms with Gasteiger partial charge in [0.1, 0.15) is 24.7 Å². The van der Waals surface area contributed by atoms with Crippen molar-refractivity contribution in [3.8, 4) is 5.75 Å². The van der Waals surface area contributed by atoms with Gasteiger partial charge in [0.25, 0.3) is 0 Å². The number of nitrogens with zero attached hydrogens (tertiary/aromatic N) is 3. The molecule has 1 fully saturated rings. The highest BCUT2D eigenvalue weighted by molar-refractivity contribution is 7.10. The molecule has 196 valence electrons. The summed E-state index contributed by atoms with van der Waals surface area (Å²) in [4.78, 5) is 33.9. The minimum atomic E-state index is -0.395. The monoisotopic (exact) mass is 516 g/mol. The van der Waals surface area contributed by atoms with Gasteiger partial charge in [-0.1, -0.05) is 0 Å². The Kier molecular flexibility index (Phi) is 8.51. The highest BCUT2D eigenvalue weighted by Crippen LogP contribution is 2.34. The first kappa shape index (κ1) is 26.4. The van der Waals surface area contributed by atoms with E-state index in [1.807, 2.05) is 31.1 Å². The highest BCUT2D eigenvalue weighted by Gasteiger charge is 2.34. The zero-order chi connectivity index (χ0) is 25.7. The van der Waals surface area contributed by atoms with Gasteiger partial charge in [0, 0.05) is 30.1 Å². The molecule has 0 unspecified atom stereocenters. The van der Waals surface area contributed by atoms with Gasteiger partial charge >= 0.3 is 6.03 Å². The predicted octanol–water partition coefficient (Wildman–Crippen LogP) is 4.30. The minimum Gasteiger partial charge on any atom is -0.491 e. The smallest absolute Gasteiger partial charge is 0.318 e. The second-order valence-corrected chi connectivity index (χ2v) is 11.6. The molecule has 2 aliphatic heterocycles. The van der Waals surface area contributed by atoms with Crippen molar-refractivity contribution in [2.45, 2.75) is 51.6 Å². The average Bonchev–Trinajstić information content (AvgIpc) is 3.52. The van der Waals surface area contributed by atoms with E-state index in [1.165, 1.54) is 29.9 Å². The number of urea groups is 1. The first-order valence-electron chi connectivity index (χ1n) is 12.7. The van der Waals surface area contributed by atoms with Gasteiger partial charge in [0.15, 0.2) is 0 Å². The van der Waals surface area contributed by atoms with E-state index in [2.05, 4.69) is 16.3 Å². The average molecular weight is 517 g/mol. The van der Waals surface area contributed by atoms with Crippen LogP contribution in [0.3, 0.4) is 0 Å². The molecular formula is C27H37FN4O3S. The third-order valence-electron chi connectivity index (χ3n) is 6.62. The number of amides is 3. The molecule has 2 aliphatic rings. The number of carbonyl (C=O) groups excluding carboxylic acids is 2. The van der Waals surface area contributed by atoms with E-state index < -0.39 is 5.54 Å². The summed E-state index contributed by atoms with van der Waals surface area (Å²) in [6, 6.07) is 7.48. The van der Waals surface area contributed by atoms with Crippen molar-refractivity contribution in [1.82, 2.24) is 20.0 Å². The number of nitrogens with one attached hydrogen (secondary N) is 1. The zero-order valence-electron chi connectivity index (χ0n) is 21.5. The lowest BCUT2D eigenvalue weighted by Gasteiger charge is -2.37. The van der Waals surface area contributed by atoms with Crippen LogP contribution in [0, 0.1) is 5.82 Å². The number of ether oxygens (including phenoxy) is 1. The number of likely N-dealkylation sites (tertiary alicyclic amines) is 1. The molecule has 9 heteroatoms. The molecule has 0 aliphatic carbocycles. The summed E-state index contributed by atoms with van der Waals surface area (Å²) in [5.74, 6) is 0.146. The van der Waals surface area contributed by atoms with Gasteiger partial charge in [-0.2, -0.15) is 0 Å². The maximum Gasteiger partial charge on any atom is 0.318 e. The summed E-state index contributed by atoms with van der Waals surface area (Å²) in [5.41, 5.74) is 0.693. The van der Waals surface area contributed by atoms with E-state index in [0.29, 0.717) is 18.8 Å². The molecule has 1 aromatic heterocycles. The molecule has 36 heavy (non-hydrogen) atoms. The Morgan fingerprint density at radius 2 is 1.86 bits per heavy atom. The third kappa shape index (κ3) is 6.97. The first-order chi connectivity index (χ1) is 17.2. The number of carbonyl (C=O) groups is 2. The number of halogens is 1. The second-order valence-electron chi connectivity index (χ2n) is 10.6. The summed E-state index contributed by atoms with van der Waals surface area (Å²) in [6.45, 7) is 10.0. The Bertz CT molecular complexity index is 1030. The minimum absolute atomic E-state index is 0.0161. The Balaban J connectivity index is 1.47. The van der Waals surface area contributed by atoms with Crippen LogP contribution >= 0.6 is 11.3 Å². The number of fused-ring (bicyclic) bond motifs is 1. The zero-order valence-corrected chi connectivity index (χ0v) is 22.3. The molecule has 0 bridgehead atoms. The molecule has 3 amide bonds. The summed E-state index contributed by atoms with van der Waals surface area (Å²) in [5, 5.41) is 5.07. The van der Waals surface area contributed by atoms with Crippen molar-refractivity contribution in [3.63, 3.8) is 0 Å². The number of hydrogen-bond acceptors (Lipinski definition) is 5. The van der Waals surface area contributed by atoms with E-state index in [9.17, 15) is 14.0 Å².